The Morgan fingerprint density at radius 1 is 0.700 bits per heavy atom. The van der Waals surface area contributed by atoms with Gasteiger partial charge in [-0.2, -0.15) is 4.79 Å². The van der Waals surface area contributed by atoms with Crippen molar-refractivity contribution in [1.82, 2.24) is 0 Å². The zero-order valence-corrected chi connectivity index (χ0v) is 11.2. The Kier molecular flexibility index (Phi) is 4.44. The first-order valence-corrected chi connectivity index (χ1v) is 6.00. The quantitative estimate of drug-likeness (QED) is 0.628. The average Bonchev–Trinajstić information content (AvgIpc) is 2.46. The molecule has 104 valence electrons. The van der Waals surface area contributed by atoms with E-state index in [0.29, 0.717) is 11.5 Å². The van der Waals surface area contributed by atoms with Crippen molar-refractivity contribution < 1.29 is 24.3 Å². The lowest BCUT2D eigenvalue weighted by atomic mass is 10.2. The molecular weight excluding hydrogens is 260 g/mol. The minimum atomic E-state index is -1.09. The second kappa shape index (κ2) is 6.47. The molecule has 0 saturated heterocycles. The van der Waals surface area contributed by atoms with Crippen LogP contribution < -0.4 is 9.78 Å². The van der Waals surface area contributed by atoms with E-state index in [1.54, 1.807) is 24.3 Å². The molecule has 0 saturated carbocycles. The Morgan fingerprint density at radius 3 is 1.40 bits per heavy atom. The maximum Gasteiger partial charge on any atom is 0.591 e. The lowest BCUT2D eigenvalue weighted by Crippen LogP contribution is -2.12. The first kappa shape index (κ1) is 13.7. The van der Waals surface area contributed by atoms with Crippen LogP contribution in [0.1, 0.15) is 11.1 Å². The summed E-state index contributed by atoms with van der Waals surface area (Å²) in [5.74, 6) is 0.783. The fourth-order valence-electron chi connectivity index (χ4n) is 1.37. The van der Waals surface area contributed by atoms with Crippen LogP contribution in [0, 0.1) is 13.8 Å². The summed E-state index contributed by atoms with van der Waals surface area (Å²) in [4.78, 5) is 29.6. The summed E-state index contributed by atoms with van der Waals surface area (Å²) in [7, 11) is 0. The van der Waals surface area contributed by atoms with Crippen molar-refractivity contribution in [1.29, 1.82) is 0 Å². The molecule has 5 nitrogen and oxygen atoms in total. The highest BCUT2D eigenvalue weighted by molar-refractivity contribution is 5.58. The molecule has 0 atom stereocenters. The molecule has 2 aromatic carbocycles. The van der Waals surface area contributed by atoms with E-state index in [9.17, 15) is 4.79 Å². The van der Waals surface area contributed by atoms with Gasteiger partial charge in [-0.05, 0) is 38.1 Å². The van der Waals surface area contributed by atoms with Gasteiger partial charge in [-0.3, -0.25) is 9.78 Å². The number of rotatable bonds is 4. The molecular formula is C15H14O5. The average molecular weight is 274 g/mol. The van der Waals surface area contributed by atoms with Gasteiger partial charge in [0.1, 0.15) is 0 Å². The molecule has 2 rings (SSSR count). The number of aryl methyl sites for hydroxylation is 2. The van der Waals surface area contributed by atoms with Gasteiger partial charge in [0.25, 0.3) is 0 Å². The summed E-state index contributed by atoms with van der Waals surface area (Å²) in [5.41, 5.74) is 2.14. The van der Waals surface area contributed by atoms with Gasteiger partial charge in [-0.25, -0.2) is 9.78 Å². The van der Waals surface area contributed by atoms with Gasteiger partial charge in [-0.1, -0.05) is 35.4 Å². The van der Waals surface area contributed by atoms with Crippen LogP contribution in [-0.2, 0) is 9.78 Å². The van der Waals surface area contributed by atoms with Gasteiger partial charge in [0, 0.05) is 0 Å². The van der Waals surface area contributed by atoms with Crippen LogP contribution in [0.5, 0.6) is 11.5 Å². The van der Waals surface area contributed by atoms with Crippen LogP contribution in [-0.4, -0.2) is 6.16 Å². The van der Waals surface area contributed by atoms with E-state index in [4.69, 9.17) is 9.78 Å². The van der Waals surface area contributed by atoms with Crippen molar-refractivity contribution in [2.45, 2.75) is 13.8 Å². The molecule has 2 aromatic rings. The number of carbonyl (C=O) groups excluding carboxylic acids is 1. The minimum absolute atomic E-state index is 0.392. The van der Waals surface area contributed by atoms with E-state index in [2.05, 4.69) is 9.78 Å². The predicted molar refractivity (Wildman–Crippen MR) is 71.2 cm³/mol. The molecule has 0 aliphatic carbocycles. The van der Waals surface area contributed by atoms with E-state index in [1.165, 1.54) is 0 Å². The highest BCUT2D eigenvalue weighted by Crippen LogP contribution is 2.13. The Labute approximate surface area is 116 Å². The second-order valence-electron chi connectivity index (χ2n) is 4.21. The third kappa shape index (κ3) is 4.20. The molecule has 0 aromatic heterocycles. The van der Waals surface area contributed by atoms with E-state index < -0.39 is 6.16 Å². The Bertz CT molecular complexity index is 508. The van der Waals surface area contributed by atoms with Gasteiger partial charge in [0.05, 0.1) is 0 Å². The lowest BCUT2D eigenvalue weighted by molar-refractivity contribution is -0.236. The summed E-state index contributed by atoms with van der Waals surface area (Å²) in [6.07, 6.45) is -1.09. The standard InChI is InChI=1S/C15H14O5/c1-11-3-7-13(8-4-11)17-19-15(16)20-18-14-9-5-12(2)6-10-14/h3-10H,1-2H3. The number of carbonyl (C=O) groups is 1. The van der Waals surface area contributed by atoms with Crippen LogP contribution in [0.2, 0.25) is 0 Å². The summed E-state index contributed by atoms with van der Waals surface area (Å²) >= 11 is 0. The Balaban J connectivity index is 1.75. The first-order chi connectivity index (χ1) is 9.63. The third-order valence-corrected chi connectivity index (χ3v) is 2.45. The lowest BCUT2D eigenvalue weighted by Gasteiger charge is -2.05. The Morgan fingerprint density at radius 2 is 1.05 bits per heavy atom. The van der Waals surface area contributed by atoms with Crippen LogP contribution >= 0.6 is 0 Å². The van der Waals surface area contributed by atoms with Gasteiger partial charge in [0.15, 0.2) is 11.5 Å². The molecule has 20 heavy (non-hydrogen) atoms. The van der Waals surface area contributed by atoms with E-state index in [1.807, 2.05) is 38.1 Å². The minimum Gasteiger partial charge on any atom is -0.284 e. The molecule has 0 aliphatic heterocycles. The van der Waals surface area contributed by atoms with Crippen LogP contribution in [0.15, 0.2) is 48.5 Å². The van der Waals surface area contributed by atoms with Gasteiger partial charge < -0.3 is 0 Å². The fraction of sp³-hybridized carbons (Fsp3) is 0.133. The molecule has 0 heterocycles. The molecule has 0 N–H and O–H groups in total. The Hall–Kier alpha value is -2.69. The topological polar surface area (TPSA) is 54.0 Å². The first-order valence-electron chi connectivity index (χ1n) is 6.00. The zero-order valence-electron chi connectivity index (χ0n) is 11.2. The largest absolute Gasteiger partial charge is 0.591 e. The maximum atomic E-state index is 11.2. The van der Waals surface area contributed by atoms with Crippen molar-refractivity contribution in [2.75, 3.05) is 0 Å². The predicted octanol–water partition coefficient (Wildman–Crippen LogP) is 3.74. The zero-order chi connectivity index (χ0) is 14.4. The van der Waals surface area contributed by atoms with Crippen LogP contribution in [0.25, 0.3) is 0 Å². The second-order valence-corrected chi connectivity index (χ2v) is 4.21. The van der Waals surface area contributed by atoms with Crippen LogP contribution in [0.4, 0.5) is 4.79 Å². The maximum absolute atomic E-state index is 11.2. The molecule has 0 spiro atoms. The number of benzene rings is 2. The molecule has 5 heteroatoms. The molecule has 0 amide bonds. The van der Waals surface area contributed by atoms with Crippen molar-refractivity contribution in [3.05, 3.63) is 59.7 Å². The molecule has 0 fully saturated rings. The molecule has 0 aliphatic rings. The summed E-state index contributed by atoms with van der Waals surface area (Å²) < 4.78 is 0. The van der Waals surface area contributed by atoms with E-state index in [-0.39, 0.29) is 0 Å². The van der Waals surface area contributed by atoms with Crippen molar-refractivity contribution in [3.8, 4) is 11.5 Å². The normalized spacial score (nSPS) is 9.70. The molecule has 0 bridgehead atoms. The summed E-state index contributed by atoms with van der Waals surface area (Å²) in [6, 6.07) is 14.0. The monoisotopic (exact) mass is 274 g/mol. The van der Waals surface area contributed by atoms with Crippen molar-refractivity contribution >= 4 is 6.16 Å². The summed E-state index contributed by atoms with van der Waals surface area (Å²) in [5, 5.41) is 0. The van der Waals surface area contributed by atoms with Crippen LogP contribution in [0.3, 0.4) is 0 Å². The van der Waals surface area contributed by atoms with Gasteiger partial charge in [-0.15, -0.1) is 0 Å². The van der Waals surface area contributed by atoms with Crippen molar-refractivity contribution in [2.24, 2.45) is 0 Å². The SMILES string of the molecule is Cc1ccc(OOC(=O)OOc2ccc(C)cc2)cc1. The number of hydrogen-bond donors (Lipinski definition) is 0. The summed E-state index contributed by atoms with van der Waals surface area (Å²) in [6.45, 7) is 3.88. The third-order valence-electron chi connectivity index (χ3n) is 2.45. The van der Waals surface area contributed by atoms with E-state index in [0.717, 1.165) is 11.1 Å². The van der Waals surface area contributed by atoms with Crippen molar-refractivity contribution in [3.63, 3.8) is 0 Å². The number of hydrogen-bond acceptors (Lipinski definition) is 5. The highest BCUT2D eigenvalue weighted by Gasteiger charge is 2.09. The molecule has 0 unspecified atom stereocenters. The van der Waals surface area contributed by atoms with E-state index >= 15 is 0 Å². The highest BCUT2D eigenvalue weighted by atomic mass is 17.3. The van der Waals surface area contributed by atoms with Gasteiger partial charge in [0.2, 0.25) is 0 Å². The fourth-order valence-corrected chi connectivity index (χ4v) is 1.37. The van der Waals surface area contributed by atoms with Gasteiger partial charge >= 0.3 is 6.16 Å². The smallest absolute Gasteiger partial charge is 0.284 e. The molecule has 0 radical (unpaired) electrons.